The fraction of sp³-hybridized carbons (Fsp3) is 0.615. The number of halogens is 1. The monoisotopic (exact) mass is 285 g/mol. The first kappa shape index (κ1) is 15.9. The zero-order valence-corrected chi connectivity index (χ0v) is 12.3. The zero-order valence-electron chi connectivity index (χ0n) is 11.6. The molecule has 0 aliphatic rings. The molecule has 0 fully saturated rings. The maximum absolute atomic E-state index is 12.3. The molecule has 19 heavy (non-hydrogen) atoms. The summed E-state index contributed by atoms with van der Waals surface area (Å²) in [7, 11) is 0. The molecular weight excluding hydrogens is 266 g/mol. The molecule has 0 aliphatic carbocycles. The van der Waals surface area contributed by atoms with E-state index >= 15 is 0 Å². The van der Waals surface area contributed by atoms with Crippen LogP contribution in [-0.2, 0) is 0 Å². The SMILES string of the molecule is CCN(CCCO)C(=O)c1nc(C(C)C)ncc1Cl. The second-order valence-electron chi connectivity index (χ2n) is 4.54. The third-order valence-electron chi connectivity index (χ3n) is 2.74. The van der Waals surface area contributed by atoms with Crippen LogP contribution in [-0.4, -0.2) is 45.6 Å². The van der Waals surface area contributed by atoms with Crippen LogP contribution in [0, 0.1) is 0 Å². The zero-order chi connectivity index (χ0) is 14.4. The second-order valence-corrected chi connectivity index (χ2v) is 4.95. The molecule has 0 saturated carbocycles. The van der Waals surface area contributed by atoms with Gasteiger partial charge in [0.25, 0.3) is 5.91 Å². The molecule has 0 bridgehead atoms. The number of hydrogen-bond acceptors (Lipinski definition) is 4. The van der Waals surface area contributed by atoms with Crippen LogP contribution in [0.1, 0.15) is 49.4 Å². The molecular formula is C13H20ClN3O2. The van der Waals surface area contributed by atoms with Crippen molar-refractivity contribution in [1.82, 2.24) is 14.9 Å². The number of carbonyl (C=O) groups excluding carboxylic acids is 1. The molecule has 0 spiro atoms. The predicted molar refractivity (Wildman–Crippen MR) is 74.4 cm³/mol. The van der Waals surface area contributed by atoms with Gasteiger partial charge in [0.15, 0.2) is 5.69 Å². The highest BCUT2D eigenvalue weighted by Crippen LogP contribution is 2.18. The highest BCUT2D eigenvalue weighted by molar-refractivity contribution is 6.33. The van der Waals surface area contributed by atoms with Gasteiger partial charge in [0.05, 0.1) is 11.2 Å². The van der Waals surface area contributed by atoms with E-state index in [1.165, 1.54) is 6.20 Å². The van der Waals surface area contributed by atoms with Crippen LogP contribution < -0.4 is 0 Å². The first-order valence-corrected chi connectivity index (χ1v) is 6.81. The van der Waals surface area contributed by atoms with Crippen LogP contribution in [0.4, 0.5) is 0 Å². The highest BCUT2D eigenvalue weighted by Gasteiger charge is 2.20. The Hall–Kier alpha value is -1.20. The molecule has 0 atom stereocenters. The summed E-state index contributed by atoms with van der Waals surface area (Å²) in [5.41, 5.74) is 0.236. The van der Waals surface area contributed by atoms with Crippen LogP contribution in [0.2, 0.25) is 5.02 Å². The summed E-state index contributed by atoms with van der Waals surface area (Å²) in [4.78, 5) is 22.3. The number of hydrogen-bond donors (Lipinski definition) is 1. The van der Waals surface area contributed by atoms with Crippen molar-refractivity contribution in [3.8, 4) is 0 Å². The minimum Gasteiger partial charge on any atom is -0.396 e. The summed E-state index contributed by atoms with van der Waals surface area (Å²) < 4.78 is 0. The van der Waals surface area contributed by atoms with E-state index in [1.807, 2.05) is 20.8 Å². The molecule has 1 heterocycles. The van der Waals surface area contributed by atoms with Gasteiger partial charge in [-0.05, 0) is 13.3 Å². The minimum absolute atomic E-state index is 0.0541. The van der Waals surface area contributed by atoms with Crippen LogP contribution in [0.15, 0.2) is 6.20 Å². The van der Waals surface area contributed by atoms with Crippen LogP contribution in [0.5, 0.6) is 0 Å². The van der Waals surface area contributed by atoms with Crippen LogP contribution >= 0.6 is 11.6 Å². The minimum atomic E-state index is -0.217. The maximum Gasteiger partial charge on any atom is 0.274 e. The van der Waals surface area contributed by atoms with Crippen molar-refractivity contribution in [2.24, 2.45) is 0 Å². The quantitative estimate of drug-likeness (QED) is 0.869. The molecule has 0 saturated heterocycles. The van der Waals surface area contributed by atoms with Gasteiger partial charge >= 0.3 is 0 Å². The molecule has 1 N–H and O–H groups in total. The summed E-state index contributed by atoms with van der Waals surface area (Å²) in [6, 6.07) is 0. The van der Waals surface area contributed by atoms with Crippen molar-refractivity contribution in [3.05, 3.63) is 22.7 Å². The number of aliphatic hydroxyl groups is 1. The van der Waals surface area contributed by atoms with E-state index < -0.39 is 0 Å². The van der Waals surface area contributed by atoms with E-state index in [9.17, 15) is 4.79 Å². The molecule has 0 aliphatic heterocycles. The van der Waals surface area contributed by atoms with Gasteiger partial charge in [-0.1, -0.05) is 25.4 Å². The van der Waals surface area contributed by atoms with Gasteiger partial charge in [-0.25, -0.2) is 9.97 Å². The molecule has 6 heteroatoms. The van der Waals surface area contributed by atoms with Gasteiger partial charge in [-0.3, -0.25) is 4.79 Å². The van der Waals surface area contributed by atoms with Crippen LogP contribution in [0.25, 0.3) is 0 Å². The molecule has 5 nitrogen and oxygen atoms in total. The van der Waals surface area contributed by atoms with Crippen molar-refractivity contribution in [3.63, 3.8) is 0 Å². The molecule has 1 rings (SSSR count). The summed E-state index contributed by atoms with van der Waals surface area (Å²) in [5.74, 6) is 0.521. The maximum atomic E-state index is 12.3. The summed E-state index contributed by atoms with van der Waals surface area (Å²) >= 11 is 6.01. The molecule has 1 aromatic rings. The van der Waals surface area contributed by atoms with Crippen LogP contribution in [0.3, 0.4) is 0 Å². The molecule has 106 valence electrons. The van der Waals surface area contributed by atoms with E-state index in [1.54, 1.807) is 4.90 Å². The Balaban J connectivity index is 2.99. The summed E-state index contributed by atoms with van der Waals surface area (Å²) in [6.45, 7) is 6.90. The predicted octanol–water partition coefficient (Wildman–Crippen LogP) is 2.10. The largest absolute Gasteiger partial charge is 0.396 e. The Morgan fingerprint density at radius 1 is 1.53 bits per heavy atom. The Kier molecular flexibility index (Phi) is 6.18. The van der Waals surface area contributed by atoms with E-state index in [0.29, 0.717) is 25.3 Å². The number of nitrogens with zero attached hydrogens (tertiary/aromatic N) is 3. The third-order valence-corrected chi connectivity index (χ3v) is 3.01. The van der Waals surface area contributed by atoms with Gasteiger partial charge in [-0.2, -0.15) is 0 Å². The average molecular weight is 286 g/mol. The van der Waals surface area contributed by atoms with Gasteiger partial charge < -0.3 is 10.0 Å². The second kappa shape index (κ2) is 7.40. The fourth-order valence-electron chi connectivity index (χ4n) is 1.62. The molecule has 0 aromatic carbocycles. The highest BCUT2D eigenvalue weighted by atomic mass is 35.5. The average Bonchev–Trinajstić information content (AvgIpc) is 2.39. The lowest BCUT2D eigenvalue weighted by Crippen LogP contribution is -2.33. The van der Waals surface area contributed by atoms with E-state index in [0.717, 1.165) is 0 Å². The van der Waals surface area contributed by atoms with Crippen molar-refractivity contribution in [2.45, 2.75) is 33.1 Å². The first-order chi connectivity index (χ1) is 9.01. The topological polar surface area (TPSA) is 66.3 Å². The number of aliphatic hydroxyl groups excluding tert-OH is 1. The van der Waals surface area contributed by atoms with Crippen molar-refractivity contribution < 1.29 is 9.90 Å². The van der Waals surface area contributed by atoms with E-state index in [4.69, 9.17) is 16.7 Å². The van der Waals surface area contributed by atoms with E-state index in [-0.39, 0.29) is 29.1 Å². The van der Waals surface area contributed by atoms with Crippen molar-refractivity contribution >= 4 is 17.5 Å². The lowest BCUT2D eigenvalue weighted by molar-refractivity contribution is 0.0748. The van der Waals surface area contributed by atoms with Gasteiger partial charge in [-0.15, -0.1) is 0 Å². The Morgan fingerprint density at radius 2 is 2.21 bits per heavy atom. The Bertz CT molecular complexity index is 438. The van der Waals surface area contributed by atoms with Gasteiger partial charge in [0.2, 0.25) is 0 Å². The first-order valence-electron chi connectivity index (χ1n) is 6.43. The summed E-state index contributed by atoms with van der Waals surface area (Å²) in [5, 5.41) is 9.11. The molecule has 0 unspecified atom stereocenters. The van der Waals surface area contributed by atoms with Gasteiger partial charge in [0, 0.05) is 25.6 Å². The Morgan fingerprint density at radius 3 is 2.74 bits per heavy atom. The van der Waals surface area contributed by atoms with E-state index in [2.05, 4.69) is 9.97 Å². The standard InChI is InChI=1S/C13H20ClN3O2/c1-4-17(6-5-7-18)13(19)11-10(14)8-15-12(16-11)9(2)3/h8-9,18H,4-7H2,1-3H3. The molecule has 0 radical (unpaired) electrons. The fourth-order valence-corrected chi connectivity index (χ4v) is 1.80. The lowest BCUT2D eigenvalue weighted by atomic mass is 10.2. The molecule has 1 aromatic heterocycles. The number of rotatable bonds is 6. The number of amides is 1. The normalized spacial score (nSPS) is 10.8. The summed E-state index contributed by atoms with van der Waals surface area (Å²) in [6.07, 6.45) is 2.01. The number of aromatic nitrogens is 2. The smallest absolute Gasteiger partial charge is 0.274 e. The molecule has 1 amide bonds. The van der Waals surface area contributed by atoms with Crippen molar-refractivity contribution in [1.29, 1.82) is 0 Å². The third kappa shape index (κ3) is 4.14. The van der Waals surface area contributed by atoms with Crippen molar-refractivity contribution in [2.75, 3.05) is 19.7 Å². The number of carbonyl (C=O) groups is 1. The lowest BCUT2D eigenvalue weighted by Gasteiger charge is -2.20. The Labute approximate surface area is 118 Å². The van der Waals surface area contributed by atoms with Gasteiger partial charge in [0.1, 0.15) is 5.82 Å².